The molecule has 0 aromatic carbocycles. The lowest BCUT2D eigenvalue weighted by Gasteiger charge is -1.84. The van der Waals surface area contributed by atoms with Gasteiger partial charge in [-0.2, -0.15) is 0 Å². The number of rotatable bonds is 1. The number of hydrogen-bond donors (Lipinski definition) is 1. The Bertz CT molecular complexity index is 64.7. The zero-order valence-corrected chi connectivity index (χ0v) is 4.61. The van der Waals surface area contributed by atoms with Crippen LogP contribution in [-0.4, -0.2) is 15.9 Å². The average Bonchev–Trinajstić information content (AvgIpc) is 1.36. The second kappa shape index (κ2) is 4.15. The summed E-state index contributed by atoms with van der Waals surface area (Å²) in [6.45, 7) is 0. The molecule has 0 aliphatic heterocycles. The molecule has 0 spiro atoms. The summed E-state index contributed by atoms with van der Waals surface area (Å²) in [5.74, 6) is -1.21. The van der Waals surface area contributed by atoms with Crippen molar-refractivity contribution in [3.8, 4) is 0 Å². The van der Waals surface area contributed by atoms with E-state index in [0.717, 1.165) is 0 Å². The molecule has 0 aromatic heterocycles. The van der Waals surface area contributed by atoms with Crippen LogP contribution in [0.15, 0.2) is 0 Å². The molecule has 2 nitrogen and oxygen atoms in total. The lowest BCUT2D eigenvalue weighted by molar-refractivity contribution is -0.135. The van der Waals surface area contributed by atoms with E-state index >= 15 is 0 Å². The summed E-state index contributed by atoms with van der Waals surface area (Å²) in [5.41, 5.74) is 0. The summed E-state index contributed by atoms with van der Waals surface area (Å²) in [5, 5.41) is 7.73. The highest BCUT2D eigenvalue weighted by Crippen LogP contribution is 1.98. The molecule has 5 heteroatoms. The fraction of sp³-hybridized carbons (Fsp3) is 0.500. The Labute approximate surface area is 49.4 Å². The first-order chi connectivity index (χ1) is 2.64. The molecule has 0 radical (unpaired) electrons. The van der Waals surface area contributed by atoms with E-state index in [4.69, 9.17) is 28.3 Å². The van der Waals surface area contributed by atoms with Gasteiger partial charge in [0.1, 0.15) is 0 Å². The lowest BCUT2D eigenvalue weighted by atomic mass is 10.8. The third-order valence-corrected chi connectivity index (χ3v) is 0.560. The molecule has 0 unspecified atom stereocenters. The van der Waals surface area contributed by atoms with Gasteiger partial charge in [-0.05, 0) is 0 Å². The third-order valence-electron chi connectivity index (χ3n) is 0.187. The van der Waals surface area contributed by atoms with E-state index in [-0.39, 0.29) is 4.70 Å². The summed E-state index contributed by atoms with van der Waals surface area (Å²) < 4.78 is 0. The Balaban J connectivity index is 0. The minimum absolute atomic E-state index is 0. The molecule has 7 heavy (non-hydrogen) atoms. The molecule has 0 aliphatic carbocycles. The summed E-state index contributed by atoms with van der Waals surface area (Å²) >= 11 is 9.56. The molecule has 0 saturated heterocycles. The van der Waals surface area contributed by atoms with Gasteiger partial charge in [-0.3, -0.25) is 4.70 Å². The standard InChI is InChI=1S/C2H2Cl2O2.FH/c3-1(4)2(5)6;/h1H,(H,5,6);1H. The highest BCUT2D eigenvalue weighted by Gasteiger charge is 2.05. The lowest BCUT2D eigenvalue weighted by Crippen LogP contribution is -2.03. The second-order valence-corrected chi connectivity index (χ2v) is 1.74. The van der Waals surface area contributed by atoms with Crippen LogP contribution in [0.1, 0.15) is 0 Å². The smallest absolute Gasteiger partial charge is 0.337 e. The molecule has 44 valence electrons. The van der Waals surface area contributed by atoms with Crippen LogP contribution in [-0.2, 0) is 4.79 Å². The molecule has 0 heterocycles. The summed E-state index contributed by atoms with van der Waals surface area (Å²) in [7, 11) is 0. The molecule has 0 aliphatic rings. The Morgan fingerprint density at radius 1 is 1.57 bits per heavy atom. The van der Waals surface area contributed by atoms with Crippen LogP contribution in [0.5, 0.6) is 0 Å². The largest absolute Gasteiger partial charge is 0.479 e. The maximum absolute atomic E-state index is 9.44. The topological polar surface area (TPSA) is 37.3 Å². The van der Waals surface area contributed by atoms with Crippen LogP contribution in [0, 0.1) is 0 Å². The van der Waals surface area contributed by atoms with Crippen molar-refractivity contribution in [2.45, 2.75) is 4.84 Å². The molecule has 0 amide bonds. The highest BCUT2D eigenvalue weighted by molar-refractivity contribution is 6.52. The van der Waals surface area contributed by atoms with Gasteiger partial charge in [0.05, 0.1) is 0 Å². The van der Waals surface area contributed by atoms with Gasteiger partial charge in [-0.25, -0.2) is 4.79 Å². The number of hydrogen-bond acceptors (Lipinski definition) is 1. The number of halogens is 3. The monoisotopic (exact) mass is 148 g/mol. The van der Waals surface area contributed by atoms with Crippen LogP contribution in [0.3, 0.4) is 0 Å². The average molecular weight is 149 g/mol. The van der Waals surface area contributed by atoms with Gasteiger partial charge in [0, 0.05) is 0 Å². The van der Waals surface area contributed by atoms with Crippen molar-refractivity contribution in [3.05, 3.63) is 0 Å². The van der Waals surface area contributed by atoms with Gasteiger partial charge in [-0.15, -0.1) is 0 Å². The zero-order valence-electron chi connectivity index (χ0n) is 3.10. The maximum Gasteiger partial charge on any atom is 0.337 e. The first-order valence-electron chi connectivity index (χ1n) is 1.15. The molecular formula is C2H3Cl2FO2. The number of carbonyl (C=O) groups is 1. The van der Waals surface area contributed by atoms with Crippen LogP contribution < -0.4 is 0 Å². The number of carboxylic acids is 1. The summed E-state index contributed by atoms with van der Waals surface area (Å²) in [6, 6.07) is 0. The molecule has 0 bridgehead atoms. The number of carboxylic acid groups (broad SMARTS) is 1. The molecular weight excluding hydrogens is 146 g/mol. The molecule has 0 fully saturated rings. The van der Waals surface area contributed by atoms with Gasteiger partial charge < -0.3 is 5.11 Å². The Hall–Kier alpha value is -0.0200. The normalized spacial score (nSPS) is 7.86. The van der Waals surface area contributed by atoms with Gasteiger partial charge in [0.15, 0.2) is 0 Å². The number of aliphatic carboxylic acids is 1. The quantitative estimate of drug-likeness (QED) is 0.565. The molecule has 0 atom stereocenters. The van der Waals surface area contributed by atoms with E-state index in [0.29, 0.717) is 0 Å². The van der Waals surface area contributed by atoms with Crippen LogP contribution in [0.4, 0.5) is 4.70 Å². The molecule has 0 rings (SSSR count). The predicted octanol–water partition coefficient (Wildman–Crippen LogP) is 1.03. The molecule has 1 N–H and O–H groups in total. The van der Waals surface area contributed by atoms with E-state index in [2.05, 4.69) is 0 Å². The fourth-order valence-corrected chi connectivity index (χ4v) is 0. The van der Waals surface area contributed by atoms with Crippen molar-refractivity contribution in [2.75, 3.05) is 0 Å². The first kappa shape index (κ1) is 10.1. The first-order valence-corrected chi connectivity index (χ1v) is 2.03. The predicted molar refractivity (Wildman–Crippen MR) is 25.6 cm³/mol. The third kappa shape index (κ3) is 5.98. The Kier molecular flexibility index (Phi) is 5.96. The van der Waals surface area contributed by atoms with E-state index in [1.165, 1.54) is 0 Å². The Morgan fingerprint density at radius 3 is 1.71 bits per heavy atom. The van der Waals surface area contributed by atoms with Crippen molar-refractivity contribution in [3.63, 3.8) is 0 Å². The van der Waals surface area contributed by atoms with Crippen molar-refractivity contribution in [1.29, 1.82) is 0 Å². The molecule has 0 aromatic rings. The van der Waals surface area contributed by atoms with E-state index in [9.17, 15) is 4.79 Å². The maximum atomic E-state index is 9.44. The molecule has 0 saturated carbocycles. The van der Waals surface area contributed by atoms with Crippen molar-refractivity contribution >= 4 is 29.2 Å². The van der Waals surface area contributed by atoms with Gasteiger partial charge >= 0.3 is 5.97 Å². The van der Waals surface area contributed by atoms with Gasteiger partial charge in [0.25, 0.3) is 0 Å². The zero-order chi connectivity index (χ0) is 5.15. The van der Waals surface area contributed by atoms with Crippen molar-refractivity contribution in [1.82, 2.24) is 0 Å². The SMILES string of the molecule is F.O=C(O)C(Cl)Cl. The Morgan fingerprint density at radius 2 is 1.71 bits per heavy atom. The van der Waals surface area contributed by atoms with E-state index < -0.39 is 10.8 Å². The van der Waals surface area contributed by atoms with Crippen LogP contribution in [0.2, 0.25) is 0 Å². The van der Waals surface area contributed by atoms with Crippen molar-refractivity contribution in [2.24, 2.45) is 0 Å². The minimum atomic E-state index is -1.29. The van der Waals surface area contributed by atoms with E-state index in [1.54, 1.807) is 0 Å². The van der Waals surface area contributed by atoms with Crippen molar-refractivity contribution < 1.29 is 14.6 Å². The van der Waals surface area contributed by atoms with Crippen LogP contribution >= 0.6 is 23.2 Å². The van der Waals surface area contributed by atoms with Crippen LogP contribution in [0.25, 0.3) is 0 Å². The number of alkyl halides is 2. The second-order valence-electron chi connectivity index (χ2n) is 0.639. The summed E-state index contributed by atoms with van der Waals surface area (Å²) in [6.07, 6.45) is 0. The highest BCUT2D eigenvalue weighted by atomic mass is 35.5. The minimum Gasteiger partial charge on any atom is -0.479 e. The van der Waals surface area contributed by atoms with E-state index in [1.807, 2.05) is 0 Å². The fourth-order valence-electron chi connectivity index (χ4n) is 0. The van der Waals surface area contributed by atoms with Gasteiger partial charge in [0.2, 0.25) is 4.84 Å². The summed E-state index contributed by atoms with van der Waals surface area (Å²) in [4.78, 5) is 8.15. The van der Waals surface area contributed by atoms with Gasteiger partial charge in [-0.1, -0.05) is 23.2 Å².